The maximum Gasteiger partial charge on any atom is 0.257 e. The number of nitrogens with zero attached hydrogens (tertiary/aromatic N) is 3. The molecule has 1 aromatic carbocycles. The van der Waals surface area contributed by atoms with E-state index in [0.29, 0.717) is 37.6 Å². The zero-order chi connectivity index (χ0) is 22.4. The standard InChI is InChI=1S/C24H32N4O3/c1-5-25-22(29)14-20-16(3)26-23(27-17(20)4)18-10-9-13-28(15-18)24(30)19-11-7-8-12-21(19)31-6-2/h7-8,11-12,18H,5-6,9-10,13-15H2,1-4H3,(H,25,29). The van der Waals surface area contributed by atoms with Crippen LogP contribution < -0.4 is 10.1 Å². The second kappa shape index (κ2) is 10.4. The highest BCUT2D eigenvalue weighted by Gasteiger charge is 2.29. The Hall–Kier alpha value is -2.96. The predicted molar refractivity (Wildman–Crippen MR) is 119 cm³/mol. The summed E-state index contributed by atoms with van der Waals surface area (Å²) >= 11 is 0. The number of benzene rings is 1. The van der Waals surface area contributed by atoms with Gasteiger partial charge in [0, 0.05) is 42.5 Å². The molecule has 166 valence electrons. The van der Waals surface area contributed by atoms with Gasteiger partial charge in [0.05, 0.1) is 18.6 Å². The fraction of sp³-hybridized carbons (Fsp3) is 0.500. The highest BCUT2D eigenvalue weighted by molar-refractivity contribution is 5.97. The molecule has 0 saturated carbocycles. The zero-order valence-corrected chi connectivity index (χ0v) is 18.9. The largest absolute Gasteiger partial charge is 0.493 e. The molecule has 1 aromatic heterocycles. The second-order valence-electron chi connectivity index (χ2n) is 7.88. The number of nitrogens with one attached hydrogen (secondary N) is 1. The third-order valence-corrected chi connectivity index (χ3v) is 5.64. The number of carbonyl (C=O) groups is 2. The number of rotatable bonds is 7. The van der Waals surface area contributed by atoms with Gasteiger partial charge in [-0.2, -0.15) is 0 Å². The van der Waals surface area contributed by atoms with E-state index < -0.39 is 0 Å². The Kier molecular flexibility index (Phi) is 7.60. The number of para-hydroxylation sites is 1. The number of piperidine rings is 1. The van der Waals surface area contributed by atoms with Crippen LogP contribution in [-0.2, 0) is 11.2 Å². The molecule has 1 atom stereocenters. The SMILES string of the molecule is CCNC(=O)Cc1c(C)nc(C2CCCN(C(=O)c3ccccc3OCC)C2)nc1C. The maximum atomic E-state index is 13.2. The number of likely N-dealkylation sites (tertiary alicyclic amines) is 1. The lowest BCUT2D eigenvalue weighted by Crippen LogP contribution is -2.39. The first kappa shape index (κ1) is 22.7. The summed E-state index contributed by atoms with van der Waals surface area (Å²) in [4.78, 5) is 36.6. The summed E-state index contributed by atoms with van der Waals surface area (Å²) in [7, 11) is 0. The average molecular weight is 425 g/mol. The number of aryl methyl sites for hydroxylation is 2. The van der Waals surface area contributed by atoms with Gasteiger partial charge in [0.25, 0.3) is 5.91 Å². The van der Waals surface area contributed by atoms with Crippen molar-refractivity contribution in [3.8, 4) is 5.75 Å². The van der Waals surface area contributed by atoms with E-state index in [1.807, 2.05) is 56.9 Å². The molecule has 0 radical (unpaired) electrons. The molecule has 31 heavy (non-hydrogen) atoms. The van der Waals surface area contributed by atoms with E-state index >= 15 is 0 Å². The van der Waals surface area contributed by atoms with Crippen LogP contribution in [0.2, 0.25) is 0 Å². The first-order chi connectivity index (χ1) is 14.9. The van der Waals surface area contributed by atoms with Gasteiger partial charge >= 0.3 is 0 Å². The first-order valence-corrected chi connectivity index (χ1v) is 11.1. The lowest BCUT2D eigenvalue weighted by molar-refractivity contribution is -0.120. The second-order valence-corrected chi connectivity index (χ2v) is 7.88. The van der Waals surface area contributed by atoms with Crippen molar-refractivity contribution in [3.05, 3.63) is 52.6 Å². The Morgan fingerprint density at radius 2 is 1.87 bits per heavy atom. The van der Waals surface area contributed by atoms with E-state index in [4.69, 9.17) is 14.7 Å². The summed E-state index contributed by atoms with van der Waals surface area (Å²) in [5.74, 6) is 1.41. The average Bonchev–Trinajstić information content (AvgIpc) is 2.76. The van der Waals surface area contributed by atoms with Gasteiger partial charge in [-0.3, -0.25) is 9.59 Å². The molecule has 7 heteroatoms. The normalized spacial score (nSPS) is 16.1. The first-order valence-electron chi connectivity index (χ1n) is 11.1. The van der Waals surface area contributed by atoms with E-state index in [-0.39, 0.29) is 24.2 Å². The van der Waals surface area contributed by atoms with Crippen LogP contribution in [0.4, 0.5) is 0 Å². The number of hydrogen-bond donors (Lipinski definition) is 1. The van der Waals surface area contributed by atoms with Gasteiger partial charge in [0.2, 0.25) is 5.91 Å². The lowest BCUT2D eigenvalue weighted by atomic mass is 9.95. The molecule has 3 rings (SSSR count). The van der Waals surface area contributed by atoms with Crippen LogP contribution in [0.15, 0.2) is 24.3 Å². The number of likely N-dealkylation sites (N-methyl/N-ethyl adjacent to an activating group) is 1. The van der Waals surface area contributed by atoms with Crippen LogP contribution in [-0.4, -0.2) is 52.9 Å². The van der Waals surface area contributed by atoms with E-state index in [9.17, 15) is 9.59 Å². The molecule has 0 aliphatic carbocycles. The molecule has 1 N–H and O–H groups in total. The Labute approximate surface area is 184 Å². The van der Waals surface area contributed by atoms with E-state index in [1.165, 1.54) is 0 Å². The van der Waals surface area contributed by atoms with Gasteiger partial charge in [0.15, 0.2) is 0 Å². The van der Waals surface area contributed by atoms with Gasteiger partial charge in [-0.05, 0) is 52.7 Å². The Morgan fingerprint density at radius 3 is 2.55 bits per heavy atom. The molecule has 1 fully saturated rings. The summed E-state index contributed by atoms with van der Waals surface area (Å²) in [5, 5.41) is 2.82. The minimum absolute atomic E-state index is 0.0185. The molecule has 2 amide bonds. The molecule has 1 unspecified atom stereocenters. The van der Waals surface area contributed by atoms with Crippen molar-refractivity contribution < 1.29 is 14.3 Å². The summed E-state index contributed by atoms with van der Waals surface area (Å²) in [5.41, 5.74) is 3.14. The summed E-state index contributed by atoms with van der Waals surface area (Å²) in [6.45, 7) is 10.1. The third-order valence-electron chi connectivity index (χ3n) is 5.64. The quantitative estimate of drug-likeness (QED) is 0.738. The topological polar surface area (TPSA) is 84.4 Å². The Bertz CT molecular complexity index is 921. The molecule has 0 bridgehead atoms. The zero-order valence-electron chi connectivity index (χ0n) is 18.9. The summed E-state index contributed by atoms with van der Waals surface area (Å²) in [6, 6.07) is 7.39. The van der Waals surface area contributed by atoms with Crippen molar-refractivity contribution >= 4 is 11.8 Å². The Balaban J connectivity index is 1.78. The van der Waals surface area contributed by atoms with Crippen molar-refractivity contribution in [3.63, 3.8) is 0 Å². The number of aromatic nitrogens is 2. The molecule has 2 aromatic rings. The minimum Gasteiger partial charge on any atom is -0.493 e. The van der Waals surface area contributed by atoms with Crippen molar-refractivity contribution in [2.75, 3.05) is 26.2 Å². The molecule has 1 saturated heterocycles. The van der Waals surface area contributed by atoms with Crippen molar-refractivity contribution in [2.45, 2.75) is 52.9 Å². The fourth-order valence-corrected chi connectivity index (χ4v) is 4.09. The predicted octanol–water partition coefficient (Wildman–Crippen LogP) is 3.19. The molecule has 0 spiro atoms. The number of carbonyl (C=O) groups excluding carboxylic acids is 2. The van der Waals surface area contributed by atoms with Crippen LogP contribution >= 0.6 is 0 Å². The van der Waals surface area contributed by atoms with Crippen LogP contribution in [0.25, 0.3) is 0 Å². The molecule has 1 aliphatic rings. The van der Waals surface area contributed by atoms with Crippen LogP contribution in [0.1, 0.15) is 65.7 Å². The molecule has 7 nitrogen and oxygen atoms in total. The van der Waals surface area contributed by atoms with Gasteiger partial charge in [0.1, 0.15) is 11.6 Å². The van der Waals surface area contributed by atoms with E-state index in [0.717, 1.165) is 35.6 Å². The number of ether oxygens (including phenoxy) is 1. The fourth-order valence-electron chi connectivity index (χ4n) is 4.09. The molecular formula is C24H32N4O3. The highest BCUT2D eigenvalue weighted by atomic mass is 16.5. The van der Waals surface area contributed by atoms with Gasteiger partial charge in [-0.15, -0.1) is 0 Å². The van der Waals surface area contributed by atoms with Crippen LogP contribution in [0.5, 0.6) is 5.75 Å². The van der Waals surface area contributed by atoms with Gasteiger partial charge < -0.3 is 15.0 Å². The number of amides is 2. The van der Waals surface area contributed by atoms with Crippen LogP contribution in [0, 0.1) is 13.8 Å². The Morgan fingerprint density at radius 1 is 1.16 bits per heavy atom. The van der Waals surface area contributed by atoms with Crippen LogP contribution in [0.3, 0.4) is 0 Å². The smallest absolute Gasteiger partial charge is 0.257 e. The monoisotopic (exact) mass is 424 g/mol. The molecular weight excluding hydrogens is 392 g/mol. The maximum absolute atomic E-state index is 13.2. The summed E-state index contributed by atoms with van der Waals surface area (Å²) < 4.78 is 5.65. The molecule has 1 aliphatic heterocycles. The number of hydrogen-bond acceptors (Lipinski definition) is 5. The van der Waals surface area contributed by atoms with E-state index in [2.05, 4.69) is 5.32 Å². The van der Waals surface area contributed by atoms with Gasteiger partial charge in [-0.25, -0.2) is 9.97 Å². The van der Waals surface area contributed by atoms with E-state index in [1.54, 1.807) is 0 Å². The molecule has 2 heterocycles. The lowest BCUT2D eigenvalue weighted by Gasteiger charge is -2.32. The van der Waals surface area contributed by atoms with Crippen molar-refractivity contribution in [1.82, 2.24) is 20.2 Å². The summed E-state index contributed by atoms with van der Waals surface area (Å²) in [6.07, 6.45) is 2.12. The van der Waals surface area contributed by atoms with Crippen molar-refractivity contribution in [2.24, 2.45) is 0 Å². The minimum atomic E-state index is -0.0209. The third kappa shape index (κ3) is 5.40. The highest BCUT2D eigenvalue weighted by Crippen LogP contribution is 2.28. The van der Waals surface area contributed by atoms with Gasteiger partial charge in [-0.1, -0.05) is 12.1 Å². The van der Waals surface area contributed by atoms with Crippen molar-refractivity contribution in [1.29, 1.82) is 0 Å².